The number of nitrogens with one attached hydrogen (secondary N) is 1. The molecule has 100 valence electrons. The van der Waals surface area contributed by atoms with E-state index in [0.29, 0.717) is 17.0 Å². The number of fused-ring (bicyclic) bond motifs is 2. The van der Waals surface area contributed by atoms with E-state index in [0.717, 1.165) is 17.9 Å². The van der Waals surface area contributed by atoms with Crippen LogP contribution in [0.3, 0.4) is 0 Å². The smallest absolute Gasteiger partial charge is 0.244 e. The van der Waals surface area contributed by atoms with Crippen LogP contribution < -0.4 is 5.32 Å². The lowest BCUT2D eigenvalue weighted by Crippen LogP contribution is -2.37. The molecule has 3 rings (SSSR count). The average molecular weight is 276 g/mol. The first kappa shape index (κ1) is 12.7. The highest BCUT2D eigenvalue weighted by molar-refractivity contribution is 6.32. The lowest BCUT2D eigenvalue weighted by molar-refractivity contribution is -0.117. The Labute approximate surface area is 118 Å². The van der Waals surface area contributed by atoms with E-state index in [4.69, 9.17) is 11.6 Å². The van der Waals surface area contributed by atoms with E-state index in [1.54, 1.807) is 12.2 Å². The first-order valence-corrected chi connectivity index (χ1v) is 7.33. The van der Waals surface area contributed by atoms with Crippen LogP contribution in [0, 0.1) is 11.8 Å². The van der Waals surface area contributed by atoms with Gasteiger partial charge < -0.3 is 5.32 Å². The Kier molecular flexibility index (Phi) is 3.61. The van der Waals surface area contributed by atoms with Crippen LogP contribution >= 0.6 is 11.6 Å². The van der Waals surface area contributed by atoms with Gasteiger partial charge in [-0.1, -0.05) is 36.2 Å². The van der Waals surface area contributed by atoms with Gasteiger partial charge in [-0.25, -0.2) is 0 Å². The summed E-state index contributed by atoms with van der Waals surface area (Å²) in [4.78, 5) is 11.9. The standard InChI is InChI=1S/C16H18ClNO/c17-14-4-2-1-3-12(14)7-8-16(19)18-15-10-11-5-6-13(15)9-11/h1-4,7-8,11,13,15H,5-6,9-10H2,(H,18,19)/b8-7+/t11-,13+,15+/m1/s1. The Morgan fingerprint density at radius 2 is 2.11 bits per heavy atom. The van der Waals surface area contributed by atoms with Crippen LogP contribution in [-0.4, -0.2) is 11.9 Å². The van der Waals surface area contributed by atoms with Crippen molar-refractivity contribution in [1.82, 2.24) is 5.32 Å². The summed E-state index contributed by atoms with van der Waals surface area (Å²) in [7, 11) is 0. The molecule has 0 aromatic heterocycles. The number of hydrogen-bond acceptors (Lipinski definition) is 1. The number of rotatable bonds is 3. The highest BCUT2D eigenvalue weighted by Gasteiger charge is 2.39. The molecule has 0 spiro atoms. The summed E-state index contributed by atoms with van der Waals surface area (Å²) in [6.45, 7) is 0. The summed E-state index contributed by atoms with van der Waals surface area (Å²) in [5, 5.41) is 3.80. The largest absolute Gasteiger partial charge is 0.350 e. The zero-order valence-electron chi connectivity index (χ0n) is 10.8. The van der Waals surface area contributed by atoms with Gasteiger partial charge in [-0.05, 0) is 48.8 Å². The second-order valence-corrected chi connectivity index (χ2v) is 6.05. The Morgan fingerprint density at radius 1 is 1.26 bits per heavy atom. The van der Waals surface area contributed by atoms with Crippen molar-refractivity contribution in [2.75, 3.05) is 0 Å². The van der Waals surface area contributed by atoms with Gasteiger partial charge in [-0.3, -0.25) is 4.79 Å². The minimum atomic E-state index is -0.00234. The van der Waals surface area contributed by atoms with Gasteiger partial charge in [0.25, 0.3) is 0 Å². The molecule has 2 nitrogen and oxygen atoms in total. The first-order valence-electron chi connectivity index (χ1n) is 6.95. The third-order valence-corrected chi connectivity index (χ3v) is 4.73. The van der Waals surface area contributed by atoms with E-state index in [1.807, 2.05) is 24.3 Å². The summed E-state index contributed by atoms with van der Waals surface area (Å²) < 4.78 is 0. The number of benzene rings is 1. The Balaban J connectivity index is 1.58. The van der Waals surface area contributed by atoms with Crippen LogP contribution in [0.25, 0.3) is 6.08 Å². The normalized spacial score (nSPS) is 29.0. The molecule has 2 saturated carbocycles. The molecule has 1 aromatic carbocycles. The third kappa shape index (κ3) is 2.84. The summed E-state index contributed by atoms with van der Waals surface area (Å²) in [6, 6.07) is 7.93. The van der Waals surface area contributed by atoms with E-state index < -0.39 is 0 Å². The van der Waals surface area contributed by atoms with Crippen LogP contribution in [0.4, 0.5) is 0 Å². The van der Waals surface area contributed by atoms with Crippen molar-refractivity contribution in [3.05, 3.63) is 40.9 Å². The number of carbonyl (C=O) groups is 1. The maximum absolute atomic E-state index is 11.9. The van der Waals surface area contributed by atoms with Crippen molar-refractivity contribution >= 4 is 23.6 Å². The molecule has 0 aliphatic heterocycles. The fraction of sp³-hybridized carbons (Fsp3) is 0.438. The Morgan fingerprint density at radius 3 is 2.79 bits per heavy atom. The Hall–Kier alpha value is -1.28. The molecule has 0 unspecified atom stereocenters. The molecular formula is C16H18ClNO. The predicted molar refractivity (Wildman–Crippen MR) is 77.9 cm³/mol. The summed E-state index contributed by atoms with van der Waals surface area (Å²) in [5.74, 6) is 1.56. The van der Waals surface area contributed by atoms with Gasteiger partial charge in [0.05, 0.1) is 0 Å². The minimum absolute atomic E-state index is 0.00234. The average Bonchev–Trinajstić information content (AvgIpc) is 3.00. The Bertz CT molecular complexity index is 511. The van der Waals surface area contributed by atoms with Crippen molar-refractivity contribution in [1.29, 1.82) is 0 Å². The van der Waals surface area contributed by atoms with Crippen LogP contribution in [0.2, 0.25) is 5.02 Å². The number of carbonyl (C=O) groups excluding carboxylic acids is 1. The molecule has 3 heteroatoms. The van der Waals surface area contributed by atoms with Crippen molar-refractivity contribution in [3.63, 3.8) is 0 Å². The topological polar surface area (TPSA) is 29.1 Å². The minimum Gasteiger partial charge on any atom is -0.350 e. The number of halogens is 1. The third-order valence-electron chi connectivity index (χ3n) is 4.39. The van der Waals surface area contributed by atoms with E-state index in [2.05, 4.69) is 5.32 Å². The van der Waals surface area contributed by atoms with Gasteiger partial charge >= 0.3 is 0 Å². The highest BCUT2D eigenvalue weighted by Crippen LogP contribution is 2.44. The zero-order chi connectivity index (χ0) is 13.2. The van der Waals surface area contributed by atoms with Gasteiger partial charge in [0.15, 0.2) is 0 Å². The molecular weight excluding hydrogens is 258 g/mol. The van der Waals surface area contributed by atoms with Gasteiger partial charge in [-0.15, -0.1) is 0 Å². The van der Waals surface area contributed by atoms with Crippen molar-refractivity contribution in [2.45, 2.75) is 31.7 Å². The molecule has 3 atom stereocenters. The lowest BCUT2D eigenvalue weighted by Gasteiger charge is -2.22. The molecule has 2 fully saturated rings. The first-order chi connectivity index (χ1) is 9.22. The molecule has 1 amide bonds. The molecule has 19 heavy (non-hydrogen) atoms. The molecule has 2 aliphatic rings. The van der Waals surface area contributed by atoms with E-state index in [1.165, 1.54) is 19.3 Å². The van der Waals surface area contributed by atoms with E-state index in [-0.39, 0.29) is 5.91 Å². The molecule has 1 N–H and O–H groups in total. The summed E-state index contributed by atoms with van der Waals surface area (Å²) in [6.07, 6.45) is 8.48. The molecule has 0 saturated heterocycles. The summed E-state index contributed by atoms with van der Waals surface area (Å²) >= 11 is 6.05. The fourth-order valence-electron chi connectivity index (χ4n) is 3.43. The van der Waals surface area contributed by atoms with Crippen LogP contribution in [-0.2, 0) is 4.79 Å². The quantitative estimate of drug-likeness (QED) is 0.838. The van der Waals surface area contributed by atoms with Gasteiger partial charge in [0.1, 0.15) is 0 Å². The van der Waals surface area contributed by atoms with Crippen molar-refractivity contribution in [2.24, 2.45) is 11.8 Å². The predicted octanol–water partition coefficient (Wildman–Crippen LogP) is 3.66. The maximum Gasteiger partial charge on any atom is 0.244 e. The van der Waals surface area contributed by atoms with E-state index >= 15 is 0 Å². The SMILES string of the molecule is O=C(/C=C/c1ccccc1Cl)N[C@H]1C[C@@H]2CC[C@H]1C2. The van der Waals surface area contributed by atoms with Crippen LogP contribution in [0.15, 0.2) is 30.3 Å². The van der Waals surface area contributed by atoms with Gasteiger partial charge in [-0.2, -0.15) is 0 Å². The highest BCUT2D eigenvalue weighted by atomic mass is 35.5. The van der Waals surface area contributed by atoms with E-state index in [9.17, 15) is 4.79 Å². The summed E-state index contributed by atoms with van der Waals surface area (Å²) in [5.41, 5.74) is 0.882. The lowest BCUT2D eigenvalue weighted by atomic mass is 9.95. The van der Waals surface area contributed by atoms with Crippen molar-refractivity contribution in [3.8, 4) is 0 Å². The molecule has 0 radical (unpaired) electrons. The number of hydrogen-bond donors (Lipinski definition) is 1. The van der Waals surface area contributed by atoms with Gasteiger partial charge in [0.2, 0.25) is 5.91 Å². The van der Waals surface area contributed by atoms with Crippen LogP contribution in [0.1, 0.15) is 31.2 Å². The molecule has 2 bridgehead atoms. The monoisotopic (exact) mass is 275 g/mol. The molecule has 1 aromatic rings. The molecule has 2 aliphatic carbocycles. The zero-order valence-corrected chi connectivity index (χ0v) is 11.6. The van der Waals surface area contributed by atoms with Gasteiger partial charge in [0, 0.05) is 17.1 Å². The fourth-order valence-corrected chi connectivity index (χ4v) is 3.63. The number of amides is 1. The van der Waals surface area contributed by atoms with Crippen LogP contribution in [0.5, 0.6) is 0 Å². The molecule has 0 heterocycles. The second-order valence-electron chi connectivity index (χ2n) is 5.64. The second kappa shape index (κ2) is 5.38. The maximum atomic E-state index is 11.9. The van der Waals surface area contributed by atoms with Crippen molar-refractivity contribution < 1.29 is 4.79 Å².